The van der Waals surface area contributed by atoms with Gasteiger partial charge < -0.3 is 4.42 Å². The Labute approximate surface area is 84.2 Å². The zero-order chi connectivity index (χ0) is 10.3. The van der Waals surface area contributed by atoms with Crippen LogP contribution < -0.4 is 5.56 Å². The van der Waals surface area contributed by atoms with E-state index >= 15 is 0 Å². The van der Waals surface area contributed by atoms with Crippen molar-refractivity contribution in [3.8, 4) is 0 Å². The van der Waals surface area contributed by atoms with Crippen molar-refractivity contribution in [2.45, 2.75) is 0 Å². The zero-order valence-corrected chi connectivity index (χ0v) is 7.68. The molecule has 3 rings (SSSR count). The second-order valence-corrected chi connectivity index (χ2v) is 3.17. The molecule has 1 aromatic carbocycles. The van der Waals surface area contributed by atoms with E-state index in [9.17, 15) is 4.79 Å². The first kappa shape index (κ1) is 8.11. The molecule has 3 aromatic rings. The van der Waals surface area contributed by atoms with Crippen LogP contribution in [0.3, 0.4) is 0 Å². The normalized spacial score (nSPS) is 10.9. The standard InChI is InChI=1S/C11H6N2O2/c14-10-6-12-5-9-11(13-10)7-3-1-2-4-8(7)15-9/h1-6H. The highest BCUT2D eigenvalue weighted by molar-refractivity contribution is 6.01. The lowest BCUT2D eigenvalue weighted by molar-refractivity contribution is 0.667. The smallest absolute Gasteiger partial charge is 0.288 e. The number of rotatable bonds is 0. The first-order chi connectivity index (χ1) is 7.34. The Bertz CT molecular complexity index is 703. The second kappa shape index (κ2) is 2.88. The van der Waals surface area contributed by atoms with Crippen molar-refractivity contribution in [2.75, 3.05) is 0 Å². The monoisotopic (exact) mass is 198 g/mol. The lowest BCUT2D eigenvalue weighted by atomic mass is 10.2. The number of benzene rings is 1. The second-order valence-electron chi connectivity index (χ2n) is 3.17. The van der Waals surface area contributed by atoms with Crippen LogP contribution in [0.5, 0.6) is 0 Å². The highest BCUT2D eigenvalue weighted by Crippen LogP contribution is 2.24. The highest BCUT2D eigenvalue weighted by atomic mass is 16.3. The molecule has 0 amide bonds. The van der Waals surface area contributed by atoms with Crippen molar-refractivity contribution in [1.82, 2.24) is 9.97 Å². The predicted molar refractivity (Wildman–Crippen MR) is 55.6 cm³/mol. The molecule has 0 saturated carbocycles. The fourth-order valence-corrected chi connectivity index (χ4v) is 1.56. The third-order valence-electron chi connectivity index (χ3n) is 2.19. The lowest BCUT2D eigenvalue weighted by Gasteiger charge is -1.83. The van der Waals surface area contributed by atoms with E-state index in [0.717, 1.165) is 5.39 Å². The number of para-hydroxylation sites is 1. The number of fused-ring (bicyclic) bond motifs is 3. The maximum atomic E-state index is 11.2. The van der Waals surface area contributed by atoms with Crippen LogP contribution in [0.25, 0.3) is 22.1 Å². The average molecular weight is 198 g/mol. The van der Waals surface area contributed by atoms with Gasteiger partial charge in [-0.15, -0.1) is 0 Å². The van der Waals surface area contributed by atoms with E-state index in [2.05, 4.69) is 9.97 Å². The molecule has 0 saturated heterocycles. The van der Waals surface area contributed by atoms with Gasteiger partial charge in [0.15, 0.2) is 5.58 Å². The van der Waals surface area contributed by atoms with Crippen LogP contribution >= 0.6 is 0 Å². The van der Waals surface area contributed by atoms with Gasteiger partial charge in [-0.3, -0.25) is 9.78 Å². The van der Waals surface area contributed by atoms with Gasteiger partial charge in [0.2, 0.25) is 0 Å². The molecule has 0 aliphatic rings. The first-order valence-electron chi connectivity index (χ1n) is 4.48. The SMILES string of the molecule is O=c1cncc2oc3ccccc3c2n1. The van der Waals surface area contributed by atoms with Gasteiger partial charge in [0.25, 0.3) is 5.56 Å². The molecule has 2 heterocycles. The van der Waals surface area contributed by atoms with Gasteiger partial charge in [0.05, 0.1) is 12.4 Å². The van der Waals surface area contributed by atoms with Gasteiger partial charge >= 0.3 is 0 Å². The van der Waals surface area contributed by atoms with Gasteiger partial charge in [0.1, 0.15) is 11.1 Å². The highest BCUT2D eigenvalue weighted by Gasteiger charge is 2.06. The number of furan rings is 1. The summed E-state index contributed by atoms with van der Waals surface area (Å²) in [6, 6.07) is 7.45. The summed E-state index contributed by atoms with van der Waals surface area (Å²) in [6.07, 6.45) is 2.67. The van der Waals surface area contributed by atoms with E-state index < -0.39 is 0 Å². The van der Waals surface area contributed by atoms with E-state index in [1.807, 2.05) is 24.3 Å². The fourth-order valence-electron chi connectivity index (χ4n) is 1.56. The van der Waals surface area contributed by atoms with Gasteiger partial charge in [-0.1, -0.05) is 12.1 Å². The minimum atomic E-state index is -0.364. The summed E-state index contributed by atoms with van der Waals surface area (Å²) in [7, 11) is 0. The minimum Gasteiger partial charge on any atom is -0.453 e. The predicted octanol–water partition coefficient (Wildman–Crippen LogP) is 1.74. The van der Waals surface area contributed by atoms with Crippen LogP contribution in [-0.2, 0) is 0 Å². The van der Waals surface area contributed by atoms with Gasteiger partial charge in [0, 0.05) is 5.39 Å². The van der Waals surface area contributed by atoms with Crippen LogP contribution in [-0.4, -0.2) is 9.97 Å². The van der Waals surface area contributed by atoms with Crippen LogP contribution in [0, 0.1) is 0 Å². The van der Waals surface area contributed by atoms with E-state index in [-0.39, 0.29) is 5.56 Å². The van der Waals surface area contributed by atoms with Crippen molar-refractivity contribution in [3.05, 3.63) is 47.0 Å². The summed E-state index contributed by atoms with van der Waals surface area (Å²) in [4.78, 5) is 18.9. The summed E-state index contributed by atoms with van der Waals surface area (Å²) in [6.45, 7) is 0. The quantitative estimate of drug-likeness (QED) is 0.552. The van der Waals surface area contributed by atoms with Crippen molar-refractivity contribution >= 4 is 22.1 Å². The molecule has 2 aromatic heterocycles. The van der Waals surface area contributed by atoms with Crippen LogP contribution in [0.15, 0.2) is 45.9 Å². The summed E-state index contributed by atoms with van der Waals surface area (Å²) >= 11 is 0. The summed E-state index contributed by atoms with van der Waals surface area (Å²) in [5, 5.41) is 0.836. The number of nitrogens with zero attached hydrogens (tertiary/aromatic N) is 2. The van der Waals surface area contributed by atoms with Crippen LogP contribution in [0.4, 0.5) is 0 Å². The van der Waals surface area contributed by atoms with Gasteiger partial charge in [-0.05, 0) is 12.1 Å². The Kier molecular flexibility index (Phi) is 1.56. The largest absolute Gasteiger partial charge is 0.453 e. The molecule has 0 aliphatic carbocycles. The molecule has 4 nitrogen and oxygen atoms in total. The Morgan fingerprint density at radius 2 is 1.93 bits per heavy atom. The summed E-state index contributed by atoms with van der Waals surface area (Å²) in [5.41, 5.74) is 1.44. The Morgan fingerprint density at radius 1 is 1.07 bits per heavy atom. The molecule has 0 unspecified atom stereocenters. The number of hydrogen-bond donors (Lipinski definition) is 0. The summed E-state index contributed by atoms with van der Waals surface area (Å²) < 4.78 is 5.50. The van der Waals surface area contributed by atoms with Crippen molar-refractivity contribution < 1.29 is 4.42 Å². The van der Waals surface area contributed by atoms with Gasteiger partial charge in [-0.2, -0.15) is 0 Å². The maximum absolute atomic E-state index is 11.2. The van der Waals surface area contributed by atoms with Gasteiger partial charge in [-0.25, -0.2) is 4.98 Å². The van der Waals surface area contributed by atoms with E-state index in [1.54, 1.807) is 0 Å². The summed E-state index contributed by atoms with van der Waals surface area (Å²) in [5.74, 6) is 0. The molecule has 0 atom stereocenters. The Balaban J connectivity index is 2.65. The molecule has 4 heteroatoms. The van der Waals surface area contributed by atoms with E-state index in [1.165, 1.54) is 12.4 Å². The molecule has 0 aliphatic heterocycles. The molecule has 0 fully saturated rings. The van der Waals surface area contributed by atoms with Crippen molar-refractivity contribution in [2.24, 2.45) is 0 Å². The Morgan fingerprint density at radius 3 is 2.87 bits per heavy atom. The average Bonchev–Trinajstić information content (AvgIpc) is 2.47. The molecule has 0 spiro atoms. The lowest BCUT2D eigenvalue weighted by Crippen LogP contribution is -1.98. The first-order valence-corrected chi connectivity index (χ1v) is 4.48. The van der Waals surface area contributed by atoms with E-state index in [4.69, 9.17) is 4.42 Å². The molecular weight excluding hydrogens is 192 g/mol. The third-order valence-corrected chi connectivity index (χ3v) is 2.19. The van der Waals surface area contributed by atoms with Crippen molar-refractivity contribution in [1.29, 1.82) is 0 Å². The number of hydrogen-bond acceptors (Lipinski definition) is 4. The van der Waals surface area contributed by atoms with Crippen molar-refractivity contribution in [3.63, 3.8) is 0 Å². The zero-order valence-electron chi connectivity index (χ0n) is 7.68. The third kappa shape index (κ3) is 1.19. The van der Waals surface area contributed by atoms with Crippen LogP contribution in [0.2, 0.25) is 0 Å². The Hall–Kier alpha value is -2.23. The van der Waals surface area contributed by atoms with E-state index in [0.29, 0.717) is 16.7 Å². The maximum Gasteiger partial charge on any atom is 0.288 e. The molecule has 15 heavy (non-hydrogen) atoms. The van der Waals surface area contributed by atoms with Crippen LogP contribution in [0.1, 0.15) is 0 Å². The molecular formula is C11H6N2O2. The molecule has 0 radical (unpaired) electrons. The molecule has 0 N–H and O–H groups in total. The minimum absolute atomic E-state index is 0.364. The molecule has 0 bridgehead atoms. The molecule has 72 valence electrons. The number of aromatic nitrogens is 2. The topological polar surface area (TPSA) is 56.0 Å². The fraction of sp³-hybridized carbons (Fsp3) is 0.